The van der Waals surface area contributed by atoms with Gasteiger partial charge in [-0.2, -0.15) is 4.52 Å². The Labute approximate surface area is 186 Å². The molecule has 0 bridgehead atoms. The summed E-state index contributed by atoms with van der Waals surface area (Å²) < 4.78 is 1.71. The van der Waals surface area contributed by atoms with Crippen LogP contribution in [0.25, 0.3) is 16.6 Å². The van der Waals surface area contributed by atoms with E-state index in [1.54, 1.807) is 10.7 Å². The van der Waals surface area contributed by atoms with E-state index in [0.29, 0.717) is 11.0 Å². The second kappa shape index (κ2) is 8.44. The predicted molar refractivity (Wildman–Crippen MR) is 122 cm³/mol. The molecule has 0 spiro atoms. The number of para-hydroxylation sites is 1. The largest absolute Gasteiger partial charge is 0.342 e. The summed E-state index contributed by atoms with van der Waals surface area (Å²) in [7, 11) is 0. The number of nitrogens with zero attached hydrogens (tertiary/aromatic N) is 5. The SMILES string of the molecule is Cc1nc2c3ccccc3nc(SCC(=O)NC(c3ccccc3)c3nccs3)n2n1. The second-order valence-corrected chi connectivity index (χ2v) is 8.74. The molecule has 1 N–H and O–H groups in total. The van der Waals surface area contributed by atoms with Gasteiger partial charge in [0, 0.05) is 17.0 Å². The monoisotopic (exact) mass is 446 g/mol. The van der Waals surface area contributed by atoms with Gasteiger partial charge in [-0.25, -0.2) is 15.0 Å². The third-order valence-corrected chi connectivity index (χ3v) is 6.49. The van der Waals surface area contributed by atoms with Gasteiger partial charge in [-0.1, -0.05) is 54.2 Å². The van der Waals surface area contributed by atoms with E-state index < -0.39 is 0 Å². The average molecular weight is 447 g/mol. The molecule has 0 aliphatic carbocycles. The Balaban J connectivity index is 1.39. The molecule has 0 aliphatic heterocycles. The molecule has 0 radical (unpaired) electrons. The molecule has 1 atom stereocenters. The van der Waals surface area contributed by atoms with Gasteiger partial charge in [-0.15, -0.1) is 16.4 Å². The highest BCUT2D eigenvalue weighted by atomic mass is 32.2. The normalized spacial score (nSPS) is 12.3. The van der Waals surface area contributed by atoms with Gasteiger partial charge < -0.3 is 5.32 Å². The highest BCUT2D eigenvalue weighted by Gasteiger charge is 2.20. The third kappa shape index (κ3) is 4.01. The first kappa shape index (κ1) is 19.7. The lowest BCUT2D eigenvalue weighted by Gasteiger charge is -2.17. The summed E-state index contributed by atoms with van der Waals surface area (Å²) in [5.41, 5.74) is 2.57. The predicted octanol–water partition coefficient (Wildman–Crippen LogP) is 4.04. The number of benzene rings is 2. The van der Waals surface area contributed by atoms with Gasteiger partial charge in [-0.3, -0.25) is 4.79 Å². The highest BCUT2D eigenvalue weighted by Crippen LogP contribution is 2.26. The third-order valence-electron chi connectivity index (χ3n) is 4.72. The van der Waals surface area contributed by atoms with Crippen LogP contribution in [0.15, 0.2) is 71.3 Å². The quantitative estimate of drug-likeness (QED) is 0.313. The van der Waals surface area contributed by atoms with Crippen LogP contribution in [0.3, 0.4) is 0 Å². The summed E-state index contributed by atoms with van der Waals surface area (Å²) in [6, 6.07) is 17.4. The number of aryl methyl sites for hydroxylation is 1. The van der Waals surface area contributed by atoms with Gasteiger partial charge in [-0.05, 0) is 24.6 Å². The number of hydrogen-bond acceptors (Lipinski definition) is 7. The van der Waals surface area contributed by atoms with Crippen LogP contribution in [0.5, 0.6) is 0 Å². The molecular weight excluding hydrogens is 428 g/mol. The number of hydrogen-bond donors (Lipinski definition) is 1. The van der Waals surface area contributed by atoms with Crippen molar-refractivity contribution in [2.75, 3.05) is 5.75 Å². The Kier molecular flexibility index (Phi) is 5.35. The van der Waals surface area contributed by atoms with Crippen LogP contribution in [0, 0.1) is 6.92 Å². The number of aromatic nitrogens is 5. The summed E-state index contributed by atoms with van der Waals surface area (Å²) in [6.45, 7) is 1.85. The Morgan fingerprint density at radius 3 is 2.74 bits per heavy atom. The molecule has 1 amide bonds. The Hall–Kier alpha value is -3.30. The number of carbonyl (C=O) groups excluding carboxylic acids is 1. The molecule has 0 saturated carbocycles. The molecule has 1 unspecified atom stereocenters. The highest BCUT2D eigenvalue weighted by molar-refractivity contribution is 7.99. The number of thioether (sulfide) groups is 1. The van der Waals surface area contributed by atoms with Crippen LogP contribution in [0.1, 0.15) is 22.4 Å². The topological polar surface area (TPSA) is 85.1 Å². The average Bonchev–Trinajstić information content (AvgIpc) is 3.46. The van der Waals surface area contributed by atoms with E-state index in [4.69, 9.17) is 4.98 Å². The number of fused-ring (bicyclic) bond motifs is 3. The molecule has 9 heteroatoms. The van der Waals surface area contributed by atoms with Crippen LogP contribution < -0.4 is 5.32 Å². The molecule has 0 saturated heterocycles. The maximum Gasteiger partial charge on any atom is 0.231 e. The van der Waals surface area contributed by atoms with E-state index in [2.05, 4.69) is 20.4 Å². The summed E-state index contributed by atoms with van der Waals surface area (Å²) in [5.74, 6) is 0.764. The Morgan fingerprint density at radius 2 is 1.94 bits per heavy atom. The van der Waals surface area contributed by atoms with Crippen molar-refractivity contribution in [1.29, 1.82) is 0 Å². The minimum absolute atomic E-state index is 0.103. The van der Waals surface area contributed by atoms with Crippen molar-refractivity contribution in [3.8, 4) is 0 Å². The summed E-state index contributed by atoms with van der Waals surface area (Å²) in [5, 5.41) is 11.9. The van der Waals surface area contributed by atoms with Gasteiger partial charge in [0.25, 0.3) is 0 Å². The van der Waals surface area contributed by atoms with Crippen molar-refractivity contribution in [1.82, 2.24) is 29.9 Å². The van der Waals surface area contributed by atoms with Crippen LogP contribution >= 0.6 is 23.1 Å². The van der Waals surface area contributed by atoms with Crippen molar-refractivity contribution in [2.24, 2.45) is 0 Å². The van der Waals surface area contributed by atoms with Crippen molar-refractivity contribution in [3.05, 3.63) is 82.6 Å². The van der Waals surface area contributed by atoms with Crippen LogP contribution in [0.4, 0.5) is 0 Å². The zero-order valence-electron chi connectivity index (χ0n) is 16.6. The van der Waals surface area contributed by atoms with Crippen LogP contribution in [0.2, 0.25) is 0 Å². The number of rotatable bonds is 6. The molecule has 31 heavy (non-hydrogen) atoms. The summed E-state index contributed by atoms with van der Waals surface area (Å²) in [4.78, 5) is 26.5. The van der Waals surface area contributed by atoms with Crippen molar-refractivity contribution >= 4 is 45.6 Å². The fraction of sp³-hybridized carbons (Fsp3) is 0.136. The standard InChI is InChI=1S/C22H18N6OS2/c1-14-24-20-16-9-5-6-10-17(16)25-22(28(20)27-14)31-13-18(29)26-19(21-23-11-12-30-21)15-7-3-2-4-8-15/h2-12,19H,13H2,1H3,(H,26,29). The van der Waals surface area contributed by atoms with E-state index in [9.17, 15) is 4.79 Å². The first-order valence-electron chi connectivity index (χ1n) is 9.67. The van der Waals surface area contributed by atoms with E-state index in [0.717, 1.165) is 27.1 Å². The van der Waals surface area contributed by atoms with Gasteiger partial charge in [0.15, 0.2) is 10.8 Å². The van der Waals surface area contributed by atoms with Crippen molar-refractivity contribution in [3.63, 3.8) is 0 Å². The zero-order valence-corrected chi connectivity index (χ0v) is 18.2. The molecule has 154 valence electrons. The number of nitrogens with one attached hydrogen (secondary N) is 1. The molecule has 0 fully saturated rings. The lowest BCUT2D eigenvalue weighted by Crippen LogP contribution is -2.30. The number of carbonyl (C=O) groups is 1. The first-order chi connectivity index (χ1) is 15.2. The van der Waals surface area contributed by atoms with E-state index in [1.165, 1.54) is 23.1 Å². The summed E-state index contributed by atoms with van der Waals surface area (Å²) in [6.07, 6.45) is 1.75. The van der Waals surface area contributed by atoms with E-state index >= 15 is 0 Å². The smallest absolute Gasteiger partial charge is 0.231 e. The maximum atomic E-state index is 12.9. The van der Waals surface area contributed by atoms with Gasteiger partial charge in [0.05, 0.1) is 11.3 Å². The van der Waals surface area contributed by atoms with E-state index in [-0.39, 0.29) is 17.7 Å². The molecule has 3 aromatic heterocycles. The fourth-order valence-corrected chi connectivity index (χ4v) is 4.84. The molecule has 5 aromatic rings. The Morgan fingerprint density at radius 1 is 1.13 bits per heavy atom. The molecule has 2 aromatic carbocycles. The van der Waals surface area contributed by atoms with Crippen LogP contribution in [-0.4, -0.2) is 36.2 Å². The summed E-state index contributed by atoms with van der Waals surface area (Å²) >= 11 is 2.86. The minimum atomic E-state index is -0.285. The minimum Gasteiger partial charge on any atom is -0.342 e. The molecule has 5 rings (SSSR count). The van der Waals surface area contributed by atoms with Crippen molar-refractivity contribution in [2.45, 2.75) is 18.1 Å². The lowest BCUT2D eigenvalue weighted by atomic mass is 10.1. The molecule has 7 nitrogen and oxygen atoms in total. The lowest BCUT2D eigenvalue weighted by molar-refractivity contribution is -0.119. The molecule has 3 heterocycles. The maximum absolute atomic E-state index is 12.9. The number of thiazole rings is 1. The van der Waals surface area contributed by atoms with Gasteiger partial charge in [0.1, 0.15) is 16.9 Å². The fourth-order valence-electron chi connectivity index (χ4n) is 3.37. The van der Waals surface area contributed by atoms with Gasteiger partial charge in [0.2, 0.25) is 5.91 Å². The Bertz CT molecular complexity index is 1350. The molecule has 0 aliphatic rings. The van der Waals surface area contributed by atoms with Crippen molar-refractivity contribution < 1.29 is 4.79 Å². The molecular formula is C22H18N6OS2. The second-order valence-electron chi connectivity index (χ2n) is 6.88. The number of amides is 1. The first-order valence-corrected chi connectivity index (χ1v) is 11.5. The van der Waals surface area contributed by atoms with Gasteiger partial charge >= 0.3 is 0 Å². The van der Waals surface area contributed by atoms with E-state index in [1.807, 2.05) is 66.9 Å². The van der Waals surface area contributed by atoms with Crippen LogP contribution in [-0.2, 0) is 4.79 Å². The zero-order chi connectivity index (χ0) is 21.2.